The average Bonchev–Trinajstić information content (AvgIpc) is 2.78. The van der Waals surface area contributed by atoms with E-state index in [9.17, 15) is 9.59 Å². The third-order valence-electron chi connectivity index (χ3n) is 5.66. The van der Waals surface area contributed by atoms with Crippen LogP contribution in [0.4, 0.5) is 0 Å². The number of carbonyl (C=O) groups excluding carboxylic acids is 2. The molecular weight excluding hydrogens is 352 g/mol. The van der Waals surface area contributed by atoms with Crippen LogP contribution < -0.4 is 10.5 Å². The van der Waals surface area contributed by atoms with E-state index in [4.69, 9.17) is 10.5 Å². The number of hydrogen-bond donors (Lipinski definition) is 1. The standard InChI is InChI=1S/C23H28N2O3/c1-16(21(24)17-6-4-3-5-7-17)23(27)25-14-12-19(13-15-25)22(26)18-8-10-20(28-2)11-9-18/h3-11,16,19,21H,12-15,24H2,1-2H3. The molecule has 2 unspecified atom stereocenters. The van der Waals surface area contributed by atoms with Crippen LogP contribution in [0, 0.1) is 11.8 Å². The predicted octanol–water partition coefficient (Wildman–Crippen LogP) is 3.45. The number of nitrogens with two attached hydrogens (primary N) is 1. The number of methoxy groups -OCH3 is 1. The molecule has 1 saturated heterocycles. The Morgan fingerprint density at radius 3 is 2.21 bits per heavy atom. The Bertz CT molecular complexity index is 796. The summed E-state index contributed by atoms with van der Waals surface area (Å²) in [5.74, 6) is 0.600. The number of nitrogens with zero attached hydrogens (tertiary/aromatic N) is 1. The predicted molar refractivity (Wildman–Crippen MR) is 109 cm³/mol. The molecule has 0 bridgehead atoms. The molecule has 0 radical (unpaired) electrons. The van der Waals surface area contributed by atoms with Gasteiger partial charge >= 0.3 is 0 Å². The first-order valence-corrected chi connectivity index (χ1v) is 9.79. The molecule has 2 aromatic carbocycles. The molecular formula is C23H28N2O3. The first-order valence-electron chi connectivity index (χ1n) is 9.79. The number of Topliss-reactive ketones (excluding diaryl/α,β-unsaturated/α-hetero) is 1. The van der Waals surface area contributed by atoms with Gasteiger partial charge < -0.3 is 15.4 Å². The van der Waals surface area contributed by atoms with Crippen molar-refractivity contribution >= 4 is 11.7 Å². The van der Waals surface area contributed by atoms with Gasteiger partial charge in [-0.15, -0.1) is 0 Å². The van der Waals surface area contributed by atoms with Crippen molar-refractivity contribution < 1.29 is 14.3 Å². The van der Waals surface area contributed by atoms with Gasteiger partial charge in [-0.3, -0.25) is 9.59 Å². The van der Waals surface area contributed by atoms with Gasteiger partial charge in [-0.2, -0.15) is 0 Å². The lowest BCUT2D eigenvalue weighted by molar-refractivity contribution is -0.137. The highest BCUT2D eigenvalue weighted by molar-refractivity contribution is 5.98. The van der Waals surface area contributed by atoms with Crippen LogP contribution in [0.2, 0.25) is 0 Å². The van der Waals surface area contributed by atoms with E-state index < -0.39 is 0 Å². The van der Waals surface area contributed by atoms with Crippen LogP contribution in [0.3, 0.4) is 0 Å². The molecule has 0 aliphatic carbocycles. The minimum atomic E-state index is -0.327. The Hall–Kier alpha value is -2.66. The molecule has 5 nitrogen and oxygen atoms in total. The second-order valence-corrected chi connectivity index (χ2v) is 7.42. The number of ketones is 1. The van der Waals surface area contributed by atoms with Crippen LogP contribution in [-0.2, 0) is 4.79 Å². The molecule has 0 aromatic heterocycles. The molecule has 3 rings (SSSR count). The van der Waals surface area contributed by atoms with Gasteiger partial charge in [-0.25, -0.2) is 0 Å². The van der Waals surface area contributed by atoms with Crippen molar-refractivity contribution in [1.29, 1.82) is 0 Å². The summed E-state index contributed by atoms with van der Waals surface area (Å²) < 4.78 is 5.14. The fourth-order valence-electron chi connectivity index (χ4n) is 3.76. The number of likely N-dealkylation sites (tertiary alicyclic amines) is 1. The number of hydrogen-bond acceptors (Lipinski definition) is 4. The zero-order chi connectivity index (χ0) is 20.1. The van der Waals surface area contributed by atoms with Crippen molar-refractivity contribution in [3.8, 4) is 5.75 Å². The highest BCUT2D eigenvalue weighted by atomic mass is 16.5. The number of ether oxygens (including phenoxy) is 1. The minimum Gasteiger partial charge on any atom is -0.497 e. The molecule has 28 heavy (non-hydrogen) atoms. The lowest BCUT2D eigenvalue weighted by Gasteiger charge is -2.34. The van der Waals surface area contributed by atoms with E-state index in [1.807, 2.05) is 42.2 Å². The molecule has 1 amide bonds. The quantitative estimate of drug-likeness (QED) is 0.779. The summed E-state index contributed by atoms with van der Waals surface area (Å²) in [6, 6.07) is 16.6. The summed E-state index contributed by atoms with van der Waals surface area (Å²) in [7, 11) is 1.61. The third-order valence-corrected chi connectivity index (χ3v) is 5.66. The maximum atomic E-state index is 12.9. The second kappa shape index (κ2) is 9.02. The SMILES string of the molecule is COc1ccc(C(=O)C2CCN(C(=O)C(C)C(N)c3ccccc3)CC2)cc1. The summed E-state index contributed by atoms with van der Waals surface area (Å²) in [5.41, 5.74) is 7.97. The van der Waals surface area contributed by atoms with Crippen LogP contribution >= 0.6 is 0 Å². The Morgan fingerprint density at radius 1 is 1.04 bits per heavy atom. The monoisotopic (exact) mass is 380 g/mol. The Balaban J connectivity index is 1.56. The van der Waals surface area contributed by atoms with Crippen molar-refractivity contribution in [3.63, 3.8) is 0 Å². The lowest BCUT2D eigenvalue weighted by Crippen LogP contribution is -2.44. The number of benzene rings is 2. The van der Waals surface area contributed by atoms with Crippen LogP contribution in [0.25, 0.3) is 0 Å². The average molecular weight is 380 g/mol. The molecule has 1 fully saturated rings. The van der Waals surface area contributed by atoms with Gasteiger partial charge in [0.05, 0.1) is 13.0 Å². The first-order chi connectivity index (χ1) is 13.5. The fraction of sp³-hybridized carbons (Fsp3) is 0.391. The number of carbonyl (C=O) groups is 2. The molecule has 1 heterocycles. The van der Waals surface area contributed by atoms with Crippen LogP contribution in [-0.4, -0.2) is 36.8 Å². The van der Waals surface area contributed by atoms with Gasteiger partial charge in [0, 0.05) is 30.6 Å². The molecule has 148 valence electrons. The minimum absolute atomic E-state index is 0.0458. The molecule has 0 spiro atoms. The van der Waals surface area contributed by atoms with E-state index in [0.717, 1.165) is 11.3 Å². The lowest BCUT2D eigenvalue weighted by atomic mass is 9.87. The Labute approximate surface area is 166 Å². The van der Waals surface area contributed by atoms with E-state index in [-0.39, 0.29) is 29.6 Å². The third kappa shape index (κ3) is 4.42. The van der Waals surface area contributed by atoms with Gasteiger partial charge in [0.15, 0.2) is 5.78 Å². The summed E-state index contributed by atoms with van der Waals surface area (Å²) in [4.78, 5) is 27.5. The Morgan fingerprint density at radius 2 is 1.64 bits per heavy atom. The molecule has 2 aromatic rings. The molecule has 5 heteroatoms. The largest absolute Gasteiger partial charge is 0.497 e. The van der Waals surface area contributed by atoms with Crippen molar-refractivity contribution in [1.82, 2.24) is 4.90 Å². The van der Waals surface area contributed by atoms with Crippen molar-refractivity contribution in [2.75, 3.05) is 20.2 Å². The molecule has 0 saturated carbocycles. The van der Waals surface area contributed by atoms with Gasteiger partial charge in [-0.1, -0.05) is 37.3 Å². The van der Waals surface area contributed by atoms with Crippen LogP contribution in [0.1, 0.15) is 41.7 Å². The first kappa shape index (κ1) is 20.1. The maximum Gasteiger partial charge on any atom is 0.227 e. The van der Waals surface area contributed by atoms with Gasteiger partial charge in [0.1, 0.15) is 5.75 Å². The topological polar surface area (TPSA) is 72.6 Å². The zero-order valence-corrected chi connectivity index (χ0v) is 16.5. The summed E-state index contributed by atoms with van der Waals surface area (Å²) in [5, 5.41) is 0. The van der Waals surface area contributed by atoms with E-state index in [1.54, 1.807) is 31.4 Å². The normalized spacial score (nSPS) is 17.0. The van der Waals surface area contributed by atoms with Crippen LogP contribution in [0.5, 0.6) is 5.75 Å². The molecule has 2 atom stereocenters. The van der Waals surface area contributed by atoms with Crippen LogP contribution in [0.15, 0.2) is 54.6 Å². The highest BCUT2D eigenvalue weighted by Crippen LogP contribution is 2.26. The molecule has 1 aliphatic rings. The number of amides is 1. The van der Waals surface area contributed by atoms with Crippen molar-refractivity contribution in [3.05, 3.63) is 65.7 Å². The zero-order valence-electron chi connectivity index (χ0n) is 16.5. The number of rotatable bonds is 6. The highest BCUT2D eigenvalue weighted by Gasteiger charge is 2.32. The smallest absolute Gasteiger partial charge is 0.227 e. The van der Waals surface area contributed by atoms with Gasteiger partial charge in [-0.05, 0) is 42.7 Å². The van der Waals surface area contributed by atoms with Gasteiger partial charge in [0.25, 0.3) is 0 Å². The van der Waals surface area contributed by atoms with E-state index in [0.29, 0.717) is 31.5 Å². The van der Waals surface area contributed by atoms with Crippen molar-refractivity contribution in [2.45, 2.75) is 25.8 Å². The summed E-state index contributed by atoms with van der Waals surface area (Å²) in [6.07, 6.45) is 1.37. The van der Waals surface area contributed by atoms with E-state index in [1.165, 1.54) is 0 Å². The summed E-state index contributed by atoms with van der Waals surface area (Å²) >= 11 is 0. The van der Waals surface area contributed by atoms with Gasteiger partial charge in [0.2, 0.25) is 5.91 Å². The summed E-state index contributed by atoms with van der Waals surface area (Å²) in [6.45, 7) is 3.07. The molecule has 1 aliphatic heterocycles. The Kier molecular flexibility index (Phi) is 6.47. The molecule has 2 N–H and O–H groups in total. The van der Waals surface area contributed by atoms with E-state index in [2.05, 4.69) is 0 Å². The van der Waals surface area contributed by atoms with Crippen molar-refractivity contribution in [2.24, 2.45) is 17.6 Å². The van der Waals surface area contributed by atoms with E-state index >= 15 is 0 Å². The second-order valence-electron chi connectivity index (χ2n) is 7.42. The maximum absolute atomic E-state index is 12.9. The number of piperidine rings is 1. The fourth-order valence-corrected chi connectivity index (χ4v) is 3.76.